The Hall–Kier alpha value is -0.0300. The molecule has 0 spiro atoms. The average Bonchev–Trinajstić information content (AvgIpc) is 2.36. The molecule has 0 aliphatic carbocycles. The topological polar surface area (TPSA) is 32.3 Å². The zero-order valence-electron chi connectivity index (χ0n) is 9.49. The van der Waals surface area contributed by atoms with Gasteiger partial charge in [-0.15, -0.1) is 0 Å². The fraction of sp³-hybridized carbons (Fsp3) is 0.500. The van der Waals surface area contributed by atoms with Gasteiger partial charge in [-0.2, -0.15) is 23.5 Å². The molecule has 2 nitrogen and oxygen atoms in total. The molecule has 2 rings (SSSR count). The number of benzene rings is 1. The lowest BCUT2D eigenvalue weighted by Crippen LogP contribution is -2.28. The number of halogens is 1. The molecule has 17 heavy (non-hydrogen) atoms. The lowest BCUT2D eigenvalue weighted by atomic mass is 10.2. The van der Waals surface area contributed by atoms with Gasteiger partial charge < -0.3 is 10.4 Å². The summed E-state index contributed by atoms with van der Waals surface area (Å²) in [5.41, 5.74) is 0.867. The van der Waals surface area contributed by atoms with Crippen LogP contribution in [0.5, 0.6) is 5.75 Å². The molecule has 0 amide bonds. The number of hydrogen-bond acceptors (Lipinski definition) is 4. The minimum Gasteiger partial charge on any atom is -0.506 e. The van der Waals surface area contributed by atoms with Crippen LogP contribution in [0.25, 0.3) is 0 Å². The van der Waals surface area contributed by atoms with E-state index in [1.54, 1.807) is 6.07 Å². The average molecular weight is 290 g/mol. The minimum absolute atomic E-state index is 0.201. The Morgan fingerprint density at radius 3 is 3.06 bits per heavy atom. The summed E-state index contributed by atoms with van der Waals surface area (Å²) in [6.07, 6.45) is 0. The highest BCUT2D eigenvalue weighted by molar-refractivity contribution is 8.06. The fourth-order valence-corrected chi connectivity index (χ4v) is 4.57. The Labute approximate surface area is 116 Å². The van der Waals surface area contributed by atoms with Crippen LogP contribution in [0.3, 0.4) is 0 Å². The molecular formula is C12H16ClNOS2. The van der Waals surface area contributed by atoms with Crippen molar-refractivity contribution in [2.75, 3.05) is 23.8 Å². The van der Waals surface area contributed by atoms with Crippen molar-refractivity contribution < 1.29 is 5.11 Å². The molecule has 1 aromatic carbocycles. The van der Waals surface area contributed by atoms with Gasteiger partial charge in [-0.1, -0.05) is 23.7 Å². The third-order valence-electron chi connectivity index (χ3n) is 2.64. The highest BCUT2D eigenvalue weighted by atomic mass is 35.5. The first-order valence-electron chi connectivity index (χ1n) is 5.64. The number of phenolic OH excluding ortho intramolecular Hbond substituents is 1. The van der Waals surface area contributed by atoms with Crippen molar-refractivity contribution in [2.45, 2.75) is 11.8 Å². The van der Waals surface area contributed by atoms with Gasteiger partial charge in [0.05, 0.1) is 5.02 Å². The van der Waals surface area contributed by atoms with Crippen molar-refractivity contribution in [1.82, 2.24) is 5.32 Å². The molecule has 1 aromatic rings. The Kier molecular flexibility index (Phi) is 5.35. The molecule has 1 heterocycles. The number of nitrogens with one attached hydrogen (secondary N) is 1. The third-order valence-corrected chi connectivity index (χ3v) is 5.79. The monoisotopic (exact) mass is 289 g/mol. The van der Waals surface area contributed by atoms with Gasteiger partial charge in [-0.05, 0) is 6.07 Å². The Bertz CT molecular complexity index is 370. The van der Waals surface area contributed by atoms with Crippen LogP contribution in [0.4, 0.5) is 0 Å². The van der Waals surface area contributed by atoms with Crippen molar-refractivity contribution in [2.24, 2.45) is 0 Å². The smallest absolute Gasteiger partial charge is 0.138 e. The maximum atomic E-state index is 9.75. The van der Waals surface area contributed by atoms with E-state index in [0.717, 1.165) is 12.1 Å². The summed E-state index contributed by atoms with van der Waals surface area (Å²) in [4.78, 5) is 0. The predicted octanol–water partition coefficient (Wildman–Crippen LogP) is 2.98. The van der Waals surface area contributed by atoms with Crippen LogP contribution in [-0.2, 0) is 6.54 Å². The lowest BCUT2D eigenvalue weighted by Gasteiger charge is -2.21. The van der Waals surface area contributed by atoms with Gasteiger partial charge in [0.15, 0.2) is 0 Å². The van der Waals surface area contributed by atoms with Crippen molar-refractivity contribution in [3.63, 3.8) is 0 Å². The largest absolute Gasteiger partial charge is 0.506 e. The summed E-state index contributed by atoms with van der Waals surface area (Å²) in [7, 11) is 0. The van der Waals surface area contributed by atoms with Crippen molar-refractivity contribution in [3.05, 3.63) is 28.8 Å². The maximum absolute atomic E-state index is 9.75. The highest BCUT2D eigenvalue weighted by Crippen LogP contribution is 2.27. The normalized spacial score (nSPS) is 20.4. The molecule has 1 fully saturated rings. The van der Waals surface area contributed by atoms with Gasteiger partial charge in [0.2, 0.25) is 0 Å². The number of rotatable bonds is 4. The van der Waals surface area contributed by atoms with E-state index < -0.39 is 0 Å². The summed E-state index contributed by atoms with van der Waals surface area (Å²) in [5.74, 6) is 3.95. The van der Waals surface area contributed by atoms with E-state index in [0.29, 0.717) is 16.8 Å². The van der Waals surface area contributed by atoms with E-state index in [-0.39, 0.29) is 5.75 Å². The van der Waals surface area contributed by atoms with E-state index >= 15 is 0 Å². The van der Waals surface area contributed by atoms with Crippen LogP contribution in [-0.4, -0.2) is 34.2 Å². The van der Waals surface area contributed by atoms with Gasteiger partial charge in [0.1, 0.15) is 5.75 Å². The van der Waals surface area contributed by atoms with Crippen LogP contribution in [0.15, 0.2) is 18.2 Å². The van der Waals surface area contributed by atoms with E-state index in [1.165, 1.54) is 17.3 Å². The first-order valence-corrected chi connectivity index (χ1v) is 8.22. The molecule has 0 aromatic heterocycles. The first kappa shape index (κ1) is 13.4. The molecule has 94 valence electrons. The van der Waals surface area contributed by atoms with Crippen LogP contribution in [0, 0.1) is 0 Å². The van der Waals surface area contributed by atoms with E-state index in [9.17, 15) is 5.11 Å². The molecule has 1 saturated heterocycles. The van der Waals surface area contributed by atoms with Crippen molar-refractivity contribution >= 4 is 35.1 Å². The van der Waals surface area contributed by atoms with Gasteiger partial charge in [0.25, 0.3) is 0 Å². The Balaban J connectivity index is 1.79. The maximum Gasteiger partial charge on any atom is 0.138 e. The molecule has 1 aliphatic rings. The van der Waals surface area contributed by atoms with E-state index in [1.807, 2.05) is 35.7 Å². The molecule has 1 atom stereocenters. The summed E-state index contributed by atoms with van der Waals surface area (Å²) in [6, 6.07) is 5.47. The molecule has 1 aliphatic heterocycles. The van der Waals surface area contributed by atoms with Crippen LogP contribution >= 0.6 is 35.1 Å². The van der Waals surface area contributed by atoms with Crippen molar-refractivity contribution in [1.29, 1.82) is 0 Å². The van der Waals surface area contributed by atoms with Crippen molar-refractivity contribution in [3.8, 4) is 5.75 Å². The van der Waals surface area contributed by atoms with Crippen LogP contribution in [0.1, 0.15) is 5.56 Å². The number of para-hydroxylation sites is 1. The number of hydrogen-bond donors (Lipinski definition) is 2. The molecule has 2 N–H and O–H groups in total. The number of thioether (sulfide) groups is 2. The zero-order valence-corrected chi connectivity index (χ0v) is 11.9. The first-order chi connectivity index (χ1) is 8.27. The molecule has 5 heteroatoms. The molecular weight excluding hydrogens is 274 g/mol. The quantitative estimate of drug-likeness (QED) is 0.893. The lowest BCUT2D eigenvalue weighted by molar-refractivity contribution is 0.465. The predicted molar refractivity (Wildman–Crippen MR) is 78.4 cm³/mol. The number of phenols is 1. The third kappa shape index (κ3) is 3.98. The summed E-state index contributed by atoms with van der Waals surface area (Å²) in [6.45, 7) is 1.66. The molecule has 0 saturated carbocycles. The Morgan fingerprint density at radius 2 is 2.29 bits per heavy atom. The molecule has 0 bridgehead atoms. The second-order valence-corrected chi connectivity index (χ2v) is 6.91. The molecule has 0 radical (unpaired) electrons. The minimum atomic E-state index is 0.201. The highest BCUT2D eigenvalue weighted by Gasteiger charge is 2.13. The van der Waals surface area contributed by atoms with Gasteiger partial charge in [0, 0.05) is 41.2 Å². The van der Waals surface area contributed by atoms with Gasteiger partial charge in [-0.25, -0.2) is 0 Å². The zero-order chi connectivity index (χ0) is 12.1. The standard InChI is InChI=1S/C12H16ClNOS2/c13-11-3-1-2-9(12(11)15)6-14-7-10-8-16-4-5-17-10/h1-3,10,14-15H,4-8H2. The summed E-state index contributed by atoms with van der Waals surface area (Å²) < 4.78 is 0. The summed E-state index contributed by atoms with van der Waals surface area (Å²) >= 11 is 9.91. The Morgan fingerprint density at radius 1 is 1.41 bits per heavy atom. The second-order valence-electron chi connectivity index (χ2n) is 3.95. The SMILES string of the molecule is Oc1c(Cl)cccc1CNCC1CSCCS1. The van der Waals surface area contributed by atoms with E-state index in [4.69, 9.17) is 11.6 Å². The molecule has 1 unspecified atom stereocenters. The van der Waals surface area contributed by atoms with Gasteiger partial charge in [-0.3, -0.25) is 0 Å². The van der Waals surface area contributed by atoms with Crippen LogP contribution in [0.2, 0.25) is 5.02 Å². The van der Waals surface area contributed by atoms with Gasteiger partial charge >= 0.3 is 0 Å². The fourth-order valence-electron chi connectivity index (χ4n) is 1.72. The second kappa shape index (κ2) is 6.78. The number of aromatic hydroxyl groups is 1. The van der Waals surface area contributed by atoms with E-state index in [2.05, 4.69) is 5.32 Å². The van der Waals surface area contributed by atoms with Crippen LogP contribution < -0.4 is 5.32 Å². The summed E-state index contributed by atoms with van der Waals surface area (Å²) in [5, 5.41) is 14.3.